The molecule has 0 radical (unpaired) electrons. The second-order valence-electron chi connectivity index (χ2n) is 7.76. The molecule has 0 aliphatic heterocycles. The van der Waals surface area contributed by atoms with Crippen molar-refractivity contribution in [3.63, 3.8) is 0 Å². The van der Waals surface area contributed by atoms with Gasteiger partial charge in [0.05, 0.1) is 40.5 Å². The summed E-state index contributed by atoms with van der Waals surface area (Å²) in [6, 6.07) is 7.76. The average Bonchev–Trinajstić information content (AvgIpc) is 2.60. The molecule has 2 atom stereocenters. The van der Waals surface area contributed by atoms with Crippen molar-refractivity contribution in [2.24, 2.45) is 0 Å². The summed E-state index contributed by atoms with van der Waals surface area (Å²) >= 11 is 5.92. The second-order valence-corrected chi connectivity index (χ2v) is 9.19. The van der Waals surface area contributed by atoms with Gasteiger partial charge in [0.15, 0.2) is 0 Å². The summed E-state index contributed by atoms with van der Waals surface area (Å²) in [4.78, 5) is 9.80. The minimum absolute atomic E-state index is 0.202. The van der Waals surface area contributed by atoms with Crippen LogP contribution in [0.25, 0.3) is 0 Å². The fraction of sp³-hybridized carbons (Fsp3) is 0.700. The average molecular weight is 421 g/mol. The van der Waals surface area contributed by atoms with Crippen LogP contribution in [0.15, 0.2) is 24.3 Å². The van der Waals surface area contributed by atoms with Gasteiger partial charge in [0, 0.05) is 5.02 Å². The van der Waals surface area contributed by atoms with Crippen LogP contribution in [0.5, 0.6) is 0 Å². The van der Waals surface area contributed by atoms with Crippen LogP contribution in [0.1, 0.15) is 44.6 Å². The van der Waals surface area contributed by atoms with Gasteiger partial charge in [-0.15, -0.1) is 0 Å². The molecule has 0 saturated heterocycles. The maximum atomic E-state index is 9.80. The molecule has 27 heavy (non-hydrogen) atoms. The molecule has 0 aromatic heterocycles. The molecule has 1 rings (SSSR count). The van der Waals surface area contributed by atoms with E-state index in [9.17, 15) is 4.89 Å². The lowest BCUT2D eigenvalue weighted by Crippen LogP contribution is -2.37. The van der Waals surface area contributed by atoms with E-state index in [4.69, 9.17) is 25.4 Å². The molecule has 0 bridgehead atoms. The van der Waals surface area contributed by atoms with Crippen LogP contribution >= 0.6 is 20.2 Å². The first-order valence-electron chi connectivity index (χ1n) is 9.71. The summed E-state index contributed by atoms with van der Waals surface area (Å²) in [5.74, 6) is 0. The Kier molecular flexibility index (Phi) is 12.7. The highest BCUT2D eigenvalue weighted by atomic mass is 35.5. The Hall–Kier alpha value is -0.260. The Morgan fingerprint density at radius 3 is 2.30 bits per heavy atom. The number of likely N-dealkylation sites (N-methyl/N-ethyl adjacent to an activating group) is 1. The van der Waals surface area contributed by atoms with Crippen LogP contribution in [0.2, 0.25) is 5.02 Å². The highest BCUT2D eigenvalue weighted by Crippen LogP contribution is 2.32. The fourth-order valence-electron chi connectivity index (χ4n) is 2.42. The maximum absolute atomic E-state index is 9.80. The minimum atomic E-state index is -1.79. The first-order chi connectivity index (χ1) is 12.8. The standard InChI is InChI=1S/C20H36ClNO4P/c1-5-6-8-20(24-17-18-10-12-19(21)13-11-18)9-7-15-25-27(23)26-16-14-22(2,3)4/h10-13,20,23H,5-9,14-17H2,1-4H3/q+1. The molecule has 1 N–H and O–H groups in total. The number of nitrogens with zero attached hydrogens (tertiary/aromatic N) is 1. The normalized spacial score (nSPS) is 14.3. The summed E-state index contributed by atoms with van der Waals surface area (Å²) in [5.41, 5.74) is 1.13. The zero-order chi connectivity index (χ0) is 20.1. The number of benzene rings is 1. The quantitative estimate of drug-likeness (QED) is 0.242. The van der Waals surface area contributed by atoms with Gasteiger partial charge in [-0.2, -0.15) is 0 Å². The minimum Gasteiger partial charge on any atom is -0.374 e. The molecule has 1 aromatic carbocycles. The van der Waals surface area contributed by atoms with Crippen molar-refractivity contribution in [2.45, 2.75) is 51.7 Å². The molecule has 2 unspecified atom stereocenters. The van der Waals surface area contributed by atoms with E-state index in [0.29, 0.717) is 19.8 Å². The Labute approximate surface area is 171 Å². The van der Waals surface area contributed by atoms with Gasteiger partial charge in [-0.3, -0.25) is 0 Å². The lowest BCUT2D eigenvalue weighted by atomic mass is 10.1. The summed E-state index contributed by atoms with van der Waals surface area (Å²) in [6.07, 6.45) is 5.29. The van der Waals surface area contributed by atoms with Crippen LogP contribution in [0.4, 0.5) is 0 Å². The Bertz CT molecular complexity index is 496. The largest absolute Gasteiger partial charge is 0.374 e. The number of ether oxygens (including phenoxy) is 1. The van der Waals surface area contributed by atoms with E-state index < -0.39 is 8.60 Å². The Morgan fingerprint density at radius 2 is 1.67 bits per heavy atom. The number of unbranched alkanes of at least 4 members (excludes halogenated alkanes) is 1. The molecule has 0 fully saturated rings. The number of halogens is 1. The molecule has 156 valence electrons. The van der Waals surface area contributed by atoms with Crippen molar-refractivity contribution in [1.29, 1.82) is 0 Å². The van der Waals surface area contributed by atoms with E-state index in [2.05, 4.69) is 28.1 Å². The highest BCUT2D eigenvalue weighted by Gasteiger charge is 2.13. The first-order valence-corrected chi connectivity index (χ1v) is 11.2. The molecule has 0 aliphatic rings. The predicted octanol–water partition coefficient (Wildman–Crippen LogP) is 5.15. The van der Waals surface area contributed by atoms with E-state index in [-0.39, 0.29) is 6.10 Å². The lowest BCUT2D eigenvalue weighted by Gasteiger charge is -2.24. The summed E-state index contributed by atoms with van der Waals surface area (Å²) < 4.78 is 17.6. The van der Waals surface area contributed by atoms with E-state index >= 15 is 0 Å². The van der Waals surface area contributed by atoms with Gasteiger partial charge in [-0.25, -0.2) is 0 Å². The van der Waals surface area contributed by atoms with Crippen molar-refractivity contribution >= 4 is 20.2 Å². The van der Waals surface area contributed by atoms with Crippen molar-refractivity contribution < 1.29 is 23.2 Å². The predicted molar refractivity (Wildman–Crippen MR) is 113 cm³/mol. The maximum Gasteiger partial charge on any atom is 0.330 e. The van der Waals surface area contributed by atoms with Crippen molar-refractivity contribution in [3.8, 4) is 0 Å². The third-order valence-electron chi connectivity index (χ3n) is 4.11. The molecule has 0 amide bonds. The molecule has 1 aromatic rings. The number of hydrogen-bond acceptors (Lipinski definition) is 4. The van der Waals surface area contributed by atoms with Crippen molar-refractivity contribution in [1.82, 2.24) is 0 Å². The van der Waals surface area contributed by atoms with Crippen LogP contribution in [0, 0.1) is 0 Å². The molecule has 0 heterocycles. The molecule has 5 nitrogen and oxygen atoms in total. The third-order valence-corrected chi connectivity index (χ3v) is 5.17. The zero-order valence-corrected chi connectivity index (χ0v) is 18.8. The van der Waals surface area contributed by atoms with Crippen molar-refractivity contribution in [2.75, 3.05) is 40.9 Å². The molecule has 7 heteroatoms. The summed E-state index contributed by atoms with van der Waals surface area (Å²) in [5, 5.41) is 0.739. The second kappa shape index (κ2) is 13.8. The lowest BCUT2D eigenvalue weighted by molar-refractivity contribution is -0.870. The SMILES string of the molecule is CCCCC(CCCOP(O)OCC[N+](C)(C)C)OCc1ccc(Cl)cc1. The van der Waals surface area contributed by atoms with E-state index in [1.165, 1.54) is 0 Å². The van der Waals surface area contributed by atoms with Gasteiger partial charge in [-0.05, 0) is 37.0 Å². The zero-order valence-electron chi connectivity index (χ0n) is 17.2. The summed E-state index contributed by atoms with van der Waals surface area (Å²) in [7, 11) is 4.48. The Morgan fingerprint density at radius 1 is 1.04 bits per heavy atom. The molecule has 0 spiro atoms. The fourth-order valence-corrected chi connectivity index (χ4v) is 3.14. The Balaban J connectivity index is 2.23. The van der Waals surface area contributed by atoms with Gasteiger partial charge in [0.1, 0.15) is 13.2 Å². The molecule has 0 aliphatic carbocycles. The molecule has 0 saturated carbocycles. The van der Waals surface area contributed by atoms with Gasteiger partial charge < -0.3 is 23.2 Å². The van der Waals surface area contributed by atoms with Gasteiger partial charge >= 0.3 is 8.60 Å². The first kappa shape index (κ1) is 24.8. The van der Waals surface area contributed by atoms with Gasteiger partial charge in [-0.1, -0.05) is 43.5 Å². The van der Waals surface area contributed by atoms with Gasteiger partial charge in [0.25, 0.3) is 0 Å². The van der Waals surface area contributed by atoms with Gasteiger partial charge in [0.2, 0.25) is 0 Å². The highest BCUT2D eigenvalue weighted by molar-refractivity contribution is 7.40. The van der Waals surface area contributed by atoms with Crippen LogP contribution in [0.3, 0.4) is 0 Å². The van der Waals surface area contributed by atoms with E-state index in [1.54, 1.807) is 0 Å². The number of rotatable bonds is 15. The van der Waals surface area contributed by atoms with Crippen LogP contribution in [-0.4, -0.2) is 56.4 Å². The monoisotopic (exact) mass is 420 g/mol. The van der Waals surface area contributed by atoms with E-state index in [0.717, 1.165) is 53.7 Å². The molecular formula is C20H36ClNO4P+. The number of quaternary nitrogens is 1. The third kappa shape index (κ3) is 13.5. The van der Waals surface area contributed by atoms with E-state index in [1.807, 2.05) is 24.3 Å². The number of hydrogen-bond donors (Lipinski definition) is 1. The van der Waals surface area contributed by atoms with Crippen LogP contribution < -0.4 is 0 Å². The smallest absolute Gasteiger partial charge is 0.330 e. The molecular weight excluding hydrogens is 385 g/mol. The summed E-state index contributed by atoms with van der Waals surface area (Å²) in [6.45, 7) is 4.59. The van der Waals surface area contributed by atoms with Crippen molar-refractivity contribution in [3.05, 3.63) is 34.9 Å². The topological polar surface area (TPSA) is 47.9 Å². The van der Waals surface area contributed by atoms with Crippen LogP contribution in [-0.2, 0) is 20.4 Å².